The van der Waals surface area contributed by atoms with Crippen molar-refractivity contribution in [2.75, 3.05) is 19.6 Å². The van der Waals surface area contributed by atoms with Gasteiger partial charge in [-0.2, -0.15) is 0 Å². The first-order valence-electron chi connectivity index (χ1n) is 8.82. The van der Waals surface area contributed by atoms with Gasteiger partial charge in [0, 0.05) is 32.0 Å². The number of fused-ring (bicyclic) bond motifs is 1. The minimum absolute atomic E-state index is 0.104. The van der Waals surface area contributed by atoms with Crippen molar-refractivity contribution in [2.45, 2.75) is 44.4 Å². The summed E-state index contributed by atoms with van der Waals surface area (Å²) in [6, 6.07) is 4.13. The number of piperidine rings is 1. The van der Waals surface area contributed by atoms with Gasteiger partial charge < -0.3 is 10.1 Å². The highest BCUT2D eigenvalue weighted by molar-refractivity contribution is 5.81. The molecule has 5 heteroatoms. The second-order valence-electron chi connectivity index (χ2n) is 7.23. The number of nitrogens with zero attached hydrogens (tertiary/aromatic N) is 2. The van der Waals surface area contributed by atoms with E-state index in [2.05, 4.69) is 27.3 Å². The number of amides is 1. The molecule has 0 aromatic carbocycles. The van der Waals surface area contributed by atoms with Gasteiger partial charge in [-0.05, 0) is 61.8 Å². The molecule has 3 heterocycles. The van der Waals surface area contributed by atoms with Crippen LogP contribution in [0.3, 0.4) is 0 Å². The molecular formula is C18H25N3O2. The lowest BCUT2D eigenvalue weighted by molar-refractivity contribution is -0.132. The highest BCUT2D eigenvalue weighted by Crippen LogP contribution is 2.34. The van der Waals surface area contributed by atoms with Gasteiger partial charge in [0.15, 0.2) is 0 Å². The summed E-state index contributed by atoms with van der Waals surface area (Å²) in [5, 5.41) is 3.06. The fourth-order valence-electron chi connectivity index (χ4n) is 3.73. The Morgan fingerprint density at radius 2 is 2.13 bits per heavy atom. The molecule has 1 N–H and O–H groups in total. The monoisotopic (exact) mass is 315 g/mol. The third-order valence-electron chi connectivity index (χ3n) is 5.35. The van der Waals surface area contributed by atoms with Gasteiger partial charge in [0.2, 0.25) is 5.91 Å². The van der Waals surface area contributed by atoms with E-state index < -0.39 is 0 Å². The lowest BCUT2D eigenvalue weighted by atomic mass is 9.91. The zero-order valence-corrected chi connectivity index (χ0v) is 13.5. The fourth-order valence-corrected chi connectivity index (χ4v) is 3.73. The molecule has 23 heavy (non-hydrogen) atoms. The summed E-state index contributed by atoms with van der Waals surface area (Å²) in [6.07, 6.45) is 8.21. The average molecular weight is 315 g/mol. The second kappa shape index (κ2) is 6.57. The Hall–Kier alpha value is -1.46. The highest BCUT2D eigenvalue weighted by Gasteiger charge is 2.41. The number of carbonyl (C=O) groups excluding carboxylic acids is 1. The molecule has 3 atom stereocenters. The zero-order chi connectivity index (χ0) is 15.6. The molecule has 1 aliphatic carbocycles. The molecule has 5 nitrogen and oxygen atoms in total. The molecule has 3 fully saturated rings. The Morgan fingerprint density at radius 1 is 1.30 bits per heavy atom. The van der Waals surface area contributed by atoms with E-state index in [4.69, 9.17) is 4.74 Å². The van der Waals surface area contributed by atoms with Crippen LogP contribution in [0.1, 0.15) is 31.2 Å². The Labute approximate surface area is 137 Å². The molecule has 0 bridgehead atoms. The van der Waals surface area contributed by atoms with Gasteiger partial charge in [-0.1, -0.05) is 0 Å². The molecule has 3 aliphatic rings. The summed E-state index contributed by atoms with van der Waals surface area (Å²) >= 11 is 0. The summed E-state index contributed by atoms with van der Waals surface area (Å²) in [5.41, 5.74) is 1.29. The van der Waals surface area contributed by atoms with Gasteiger partial charge in [-0.3, -0.25) is 14.7 Å². The van der Waals surface area contributed by atoms with E-state index >= 15 is 0 Å². The van der Waals surface area contributed by atoms with Gasteiger partial charge in [0.05, 0.1) is 6.10 Å². The quantitative estimate of drug-likeness (QED) is 0.896. The molecule has 2 saturated heterocycles. The SMILES string of the molecule is O=C(NCC1CC1)[C@@H]1C[C@@H]2CCN(Cc3ccncc3)C[C@@H]2O1. The third-order valence-corrected chi connectivity index (χ3v) is 5.35. The van der Waals surface area contributed by atoms with E-state index in [1.165, 1.54) is 18.4 Å². The number of hydrogen-bond donors (Lipinski definition) is 1. The van der Waals surface area contributed by atoms with Gasteiger partial charge in [0.25, 0.3) is 0 Å². The number of rotatable bonds is 5. The maximum absolute atomic E-state index is 12.2. The minimum atomic E-state index is -0.232. The lowest BCUT2D eigenvalue weighted by Crippen LogP contribution is -2.42. The summed E-state index contributed by atoms with van der Waals surface area (Å²) in [7, 11) is 0. The van der Waals surface area contributed by atoms with E-state index in [1.807, 2.05) is 12.4 Å². The molecule has 1 aromatic heterocycles. The van der Waals surface area contributed by atoms with Crippen LogP contribution in [0.5, 0.6) is 0 Å². The molecule has 0 unspecified atom stereocenters. The predicted octanol–water partition coefficient (Wildman–Crippen LogP) is 1.59. The van der Waals surface area contributed by atoms with Crippen LogP contribution < -0.4 is 5.32 Å². The number of aromatic nitrogens is 1. The Morgan fingerprint density at radius 3 is 2.91 bits per heavy atom. The molecule has 1 saturated carbocycles. The van der Waals surface area contributed by atoms with Gasteiger partial charge in [0.1, 0.15) is 6.10 Å². The zero-order valence-electron chi connectivity index (χ0n) is 13.5. The van der Waals surface area contributed by atoms with Gasteiger partial charge in [-0.25, -0.2) is 0 Å². The first-order valence-corrected chi connectivity index (χ1v) is 8.82. The number of pyridine rings is 1. The standard InChI is InChI=1S/C18H25N3O2/c22-18(20-10-13-1-2-13)16-9-15-5-8-21(12-17(15)23-16)11-14-3-6-19-7-4-14/h3-4,6-7,13,15-17H,1-2,5,8-12H2,(H,20,22)/t15-,16-,17-/m0/s1. The van der Waals surface area contributed by atoms with Crippen molar-refractivity contribution in [2.24, 2.45) is 11.8 Å². The van der Waals surface area contributed by atoms with Crippen LogP contribution in [-0.4, -0.2) is 47.6 Å². The molecule has 4 rings (SSSR count). The third kappa shape index (κ3) is 3.72. The number of nitrogens with one attached hydrogen (secondary N) is 1. The number of likely N-dealkylation sites (tertiary alicyclic amines) is 1. The smallest absolute Gasteiger partial charge is 0.249 e. The van der Waals surface area contributed by atoms with Crippen LogP contribution in [-0.2, 0) is 16.1 Å². The molecular weight excluding hydrogens is 290 g/mol. The first-order chi connectivity index (χ1) is 11.3. The van der Waals surface area contributed by atoms with Gasteiger partial charge >= 0.3 is 0 Å². The van der Waals surface area contributed by atoms with Crippen LogP contribution in [0.25, 0.3) is 0 Å². The van der Waals surface area contributed by atoms with Crippen molar-refractivity contribution in [1.82, 2.24) is 15.2 Å². The maximum Gasteiger partial charge on any atom is 0.249 e. The van der Waals surface area contributed by atoms with E-state index in [-0.39, 0.29) is 18.1 Å². The van der Waals surface area contributed by atoms with Crippen molar-refractivity contribution < 1.29 is 9.53 Å². The number of ether oxygens (including phenoxy) is 1. The number of carbonyl (C=O) groups is 1. The Bertz CT molecular complexity index is 546. The van der Waals surface area contributed by atoms with E-state index in [9.17, 15) is 4.79 Å². The van der Waals surface area contributed by atoms with Gasteiger partial charge in [-0.15, -0.1) is 0 Å². The summed E-state index contributed by atoms with van der Waals surface area (Å²) in [6.45, 7) is 3.79. The van der Waals surface area contributed by atoms with Crippen LogP contribution >= 0.6 is 0 Å². The van der Waals surface area contributed by atoms with E-state index in [0.717, 1.165) is 44.9 Å². The normalized spacial score (nSPS) is 30.9. The first kappa shape index (κ1) is 15.1. The minimum Gasteiger partial charge on any atom is -0.364 e. The predicted molar refractivity (Wildman–Crippen MR) is 86.6 cm³/mol. The summed E-state index contributed by atoms with van der Waals surface area (Å²) in [4.78, 5) is 18.7. The van der Waals surface area contributed by atoms with Crippen molar-refractivity contribution in [3.05, 3.63) is 30.1 Å². The van der Waals surface area contributed by atoms with Crippen molar-refractivity contribution in [1.29, 1.82) is 0 Å². The molecule has 124 valence electrons. The average Bonchev–Trinajstić information content (AvgIpc) is 3.31. The van der Waals surface area contributed by atoms with Crippen LogP contribution in [0, 0.1) is 11.8 Å². The van der Waals surface area contributed by atoms with Crippen LogP contribution in [0.2, 0.25) is 0 Å². The van der Waals surface area contributed by atoms with E-state index in [1.54, 1.807) is 0 Å². The second-order valence-corrected chi connectivity index (χ2v) is 7.23. The molecule has 1 aromatic rings. The van der Waals surface area contributed by atoms with Crippen molar-refractivity contribution in [3.63, 3.8) is 0 Å². The topological polar surface area (TPSA) is 54.5 Å². The summed E-state index contributed by atoms with van der Waals surface area (Å²) in [5.74, 6) is 1.37. The van der Waals surface area contributed by atoms with Crippen LogP contribution in [0.15, 0.2) is 24.5 Å². The maximum atomic E-state index is 12.2. The van der Waals surface area contributed by atoms with Crippen molar-refractivity contribution in [3.8, 4) is 0 Å². The van der Waals surface area contributed by atoms with Crippen molar-refractivity contribution >= 4 is 5.91 Å². The molecule has 0 radical (unpaired) electrons. The fraction of sp³-hybridized carbons (Fsp3) is 0.667. The molecule has 0 spiro atoms. The Balaban J connectivity index is 1.28. The highest BCUT2D eigenvalue weighted by atomic mass is 16.5. The largest absolute Gasteiger partial charge is 0.364 e. The molecule has 1 amide bonds. The number of hydrogen-bond acceptors (Lipinski definition) is 4. The van der Waals surface area contributed by atoms with E-state index in [0.29, 0.717) is 5.92 Å². The lowest BCUT2D eigenvalue weighted by Gasteiger charge is -2.34. The molecule has 2 aliphatic heterocycles. The Kier molecular flexibility index (Phi) is 4.31. The summed E-state index contributed by atoms with van der Waals surface area (Å²) < 4.78 is 6.08. The van der Waals surface area contributed by atoms with Crippen LogP contribution in [0.4, 0.5) is 0 Å².